The number of hydrogen-bond donors (Lipinski definition) is 3. The quantitative estimate of drug-likeness (QED) is 0.639. The molecule has 142 valence electrons. The van der Waals surface area contributed by atoms with Crippen LogP contribution in [0, 0.1) is 13.8 Å². The number of aliphatic hydroxyl groups excluding tert-OH is 1. The lowest BCUT2D eigenvalue weighted by molar-refractivity contribution is 0.189. The molecular weight excluding hydrogens is 364 g/mol. The van der Waals surface area contributed by atoms with Gasteiger partial charge in [-0.15, -0.1) is 0 Å². The smallest absolute Gasteiger partial charge is 0.243 e. The number of nitrogen functional groups attached to an aromatic ring is 1. The monoisotopic (exact) mass is 386 g/mol. The summed E-state index contributed by atoms with van der Waals surface area (Å²) in [4.78, 5) is 0.249. The number of benzene rings is 2. The maximum atomic E-state index is 12.8. The first-order valence-electron chi connectivity index (χ1n) is 8.81. The van der Waals surface area contributed by atoms with E-state index in [-0.39, 0.29) is 11.4 Å². The van der Waals surface area contributed by atoms with Gasteiger partial charge in [-0.2, -0.15) is 9.40 Å². The van der Waals surface area contributed by atoms with E-state index in [1.165, 1.54) is 4.31 Å². The zero-order valence-electron chi connectivity index (χ0n) is 15.2. The topological polar surface area (TPSA) is 112 Å². The highest BCUT2D eigenvalue weighted by Crippen LogP contribution is 2.34. The van der Waals surface area contributed by atoms with Crippen molar-refractivity contribution in [1.29, 1.82) is 0 Å². The molecule has 4 rings (SSSR count). The molecule has 0 aliphatic carbocycles. The van der Waals surface area contributed by atoms with Gasteiger partial charge in [-0.05, 0) is 60.7 Å². The number of aromatic amines is 1. The largest absolute Gasteiger partial charge is 0.392 e. The van der Waals surface area contributed by atoms with Crippen LogP contribution in [0.5, 0.6) is 0 Å². The number of hydrogen-bond acceptors (Lipinski definition) is 5. The van der Waals surface area contributed by atoms with Gasteiger partial charge in [0.25, 0.3) is 0 Å². The summed E-state index contributed by atoms with van der Waals surface area (Å²) in [5.74, 6) is 0.453. The minimum absolute atomic E-state index is 0.151. The van der Waals surface area contributed by atoms with Crippen LogP contribution < -0.4 is 5.73 Å². The summed E-state index contributed by atoms with van der Waals surface area (Å²) < 4.78 is 27.0. The summed E-state index contributed by atoms with van der Waals surface area (Å²) in [5, 5.41) is 17.5. The molecule has 3 aromatic rings. The molecule has 27 heavy (non-hydrogen) atoms. The Hall–Kier alpha value is -2.42. The van der Waals surface area contributed by atoms with Gasteiger partial charge in [0.1, 0.15) is 0 Å². The molecule has 1 aromatic heterocycles. The summed E-state index contributed by atoms with van der Waals surface area (Å²) in [6, 6.07) is 9.07. The molecule has 2 heterocycles. The Bertz CT molecular complexity index is 1140. The molecule has 1 fully saturated rings. The number of H-pyrrole nitrogens is 1. The Kier molecular flexibility index (Phi) is 4.21. The summed E-state index contributed by atoms with van der Waals surface area (Å²) >= 11 is 0. The van der Waals surface area contributed by atoms with E-state index in [0.29, 0.717) is 18.8 Å². The number of β-amino-alcohol motifs (C(OH)–C–C–N with tert-alkyl or cyclic N) is 1. The molecule has 4 N–H and O–H groups in total. The van der Waals surface area contributed by atoms with Gasteiger partial charge in [-0.25, -0.2) is 8.42 Å². The minimum Gasteiger partial charge on any atom is -0.392 e. The van der Waals surface area contributed by atoms with Gasteiger partial charge in [0.15, 0.2) is 5.82 Å². The fourth-order valence-electron chi connectivity index (χ4n) is 3.78. The lowest BCUT2D eigenvalue weighted by Crippen LogP contribution is -2.29. The second kappa shape index (κ2) is 6.33. The molecule has 1 aliphatic rings. The summed E-state index contributed by atoms with van der Waals surface area (Å²) in [6.07, 6.45) is -0.114. The van der Waals surface area contributed by atoms with Crippen LogP contribution in [-0.4, -0.2) is 47.2 Å². The van der Waals surface area contributed by atoms with Gasteiger partial charge in [0, 0.05) is 18.5 Å². The van der Waals surface area contributed by atoms with E-state index in [9.17, 15) is 13.5 Å². The molecule has 0 unspecified atom stereocenters. The lowest BCUT2D eigenvalue weighted by atomic mass is 9.94. The molecule has 1 aliphatic heterocycles. The summed E-state index contributed by atoms with van der Waals surface area (Å²) in [7, 11) is -3.60. The zero-order chi connectivity index (χ0) is 19.3. The fraction of sp³-hybridized carbons (Fsp3) is 0.316. The number of rotatable bonds is 3. The van der Waals surface area contributed by atoms with Gasteiger partial charge in [-0.1, -0.05) is 12.1 Å². The van der Waals surface area contributed by atoms with Gasteiger partial charge in [0.2, 0.25) is 10.0 Å². The van der Waals surface area contributed by atoms with Gasteiger partial charge < -0.3 is 10.8 Å². The molecule has 0 radical (unpaired) electrons. The highest BCUT2D eigenvalue weighted by Gasteiger charge is 2.31. The first-order chi connectivity index (χ1) is 12.8. The molecule has 0 saturated carbocycles. The van der Waals surface area contributed by atoms with Crippen molar-refractivity contribution < 1.29 is 13.5 Å². The van der Waals surface area contributed by atoms with Crippen LogP contribution in [0.1, 0.15) is 17.5 Å². The second-order valence-corrected chi connectivity index (χ2v) is 8.99. The van der Waals surface area contributed by atoms with E-state index in [4.69, 9.17) is 5.73 Å². The van der Waals surface area contributed by atoms with Gasteiger partial charge in [-0.3, -0.25) is 5.10 Å². The number of sulfonamides is 1. The highest BCUT2D eigenvalue weighted by atomic mass is 32.2. The maximum Gasteiger partial charge on any atom is 0.243 e. The third-order valence-corrected chi connectivity index (χ3v) is 7.13. The van der Waals surface area contributed by atoms with Crippen LogP contribution in [0.4, 0.5) is 5.82 Å². The van der Waals surface area contributed by atoms with Crippen LogP contribution in [0.25, 0.3) is 22.0 Å². The molecule has 1 atom stereocenters. The predicted molar refractivity (Wildman–Crippen MR) is 105 cm³/mol. The lowest BCUT2D eigenvalue weighted by Gasteiger charge is -2.17. The Morgan fingerprint density at radius 3 is 2.63 bits per heavy atom. The molecular formula is C19H22N4O3S. The third-order valence-electron chi connectivity index (χ3n) is 5.27. The Morgan fingerprint density at radius 2 is 1.96 bits per heavy atom. The van der Waals surface area contributed by atoms with E-state index in [2.05, 4.69) is 10.2 Å². The molecule has 0 amide bonds. The Labute approximate surface area is 157 Å². The van der Waals surface area contributed by atoms with Crippen molar-refractivity contribution >= 4 is 26.7 Å². The third kappa shape index (κ3) is 2.90. The average molecular weight is 386 g/mol. The number of aromatic nitrogens is 2. The van der Waals surface area contributed by atoms with Crippen molar-refractivity contribution in [3.8, 4) is 11.1 Å². The number of aryl methyl sites for hydroxylation is 2. The zero-order valence-corrected chi connectivity index (χ0v) is 16.0. The van der Waals surface area contributed by atoms with Crippen molar-refractivity contribution in [3.63, 3.8) is 0 Å². The normalized spacial score (nSPS) is 18.4. The SMILES string of the molecule is Cc1cc(S(=O)(=O)N2CC[C@@H](O)C2)ccc1-c1ccc2[nH]nc(N)c2c1C. The van der Waals surface area contributed by atoms with Crippen molar-refractivity contribution in [1.82, 2.24) is 14.5 Å². The van der Waals surface area contributed by atoms with E-state index in [1.807, 2.05) is 32.0 Å². The molecule has 0 bridgehead atoms. The number of nitrogens with two attached hydrogens (primary N) is 1. The molecule has 8 heteroatoms. The van der Waals surface area contributed by atoms with E-state index in [1.54, 1.807) is 12.1 Å². The average Bonchev–Trinajstić information content (AvgIpc) is 3.22. The number of anilines is 1. The Morgan fingerprint density at radius 1 is 1.22 bits per heavy atom. The van der Waals surface area contributed by atoms with Crippen molar-refractivity contribution in [2.45, 2.75) is 31.3 Å². The number of fused-ring (bicyclic) bond motifs is 1. The number of nitrogens with one attached hydrogen (secondary N) is 1. The molecule has 0 spiro atoms. The summed E-state index contributed by atoms with van der Waals surface area (Å²) in [5.41, 5.74) is 10.7. The first kappa shape index (κ1) is 18.0. The molecule has 7 nitrogen and oxygen atoms in total. The van der Waals surface area contributed by atoms with Crippen LogP contribution in [0.3, 0.4) is 0 Å². The van der Waals surface area contributed by atoms with Crippen LogP contribution in [-0.2, 0) is 10.0 Å². The van der Waals surface area contributed by atoms with Gasteiger partial charge >= 0.3 is 0 Å². The van der Waals surface area contributed by atoms with E-state index < -0.39 is 16.1 Å². The standard InChI is InChI=1S/C19H22N4O3S/c1-11-9-14(27(25,26)23-8-7-13(24)10-23)3-4-15(11)16-5-6-17-18(12(16)2)19(20)22-21-17/h3-6,9,13,24H,7-8,10H2,1-2H3,(H3,20,21,22)/t13-/m1/s1. The molecule has 2 aromatic carbocycles. The summed E-state index contributed by atoms with van der Waals surface area (Å²) in [6.45, 7) is 4.38. The number of aliphatic hydroxyl groups is 1. The highest BCUT2D eigenvalue weighted by molar-refractivity contribution is 7.89. The minimum atomic E-state index is -3.60. The van der Waals surface area contributed by atoms with Crippen LogP contribution in [0.15, 0.2) is 35.2 Å². The van der Waals surface area contributed by atoms with Crippen LogP contribution in [0.2, 0.25) is 0 Å². The first-order valence-corrected chi connectivity index (χ1v) is 10.3. The number of nitrogens with zero attached hydrogens (tertiary/aromatic N) is 2. The second-order valence-electron chi connectivity index (χ2n) is 7.05. The Balaban J connectivity index is 1.77. The van der Waals surface area contributed by atoms with Gasteiger partial charge in [0.05, 0.1) is 16.5 Å². The molecule has 1 saturated heterocycles. The van der Waals surface area contributed by atoms with Crippen molar-refractivity contribution in [2.75, 3.05) is 18.8 Å². The van der Waals surface area contributed by atoms with E-state index >= 15 is 0 Å². The van der Waals surface area contributed by atoms with Crippen molar-refractivity contribution in [3.05, 3.63) is 41.5 Å². The maximum absolute atomic E-state index is 12.8. The predicted octanol–water partition coefficient (Wildman–Crippen LogP) is 2.18. The van der Waals surface area contributed by atoms with E-state index in [0.717, 1.165) is 33.2 Å². The fourth-order valence-corrected chi connectivity index (χ4v) is 5.36. The van der Waals surface area contributed by atoms with Crippen molar-refractivity contribution in [2.24, 2.45) is 0 Å². The van der Waals surface area contributed by atoms with Crippen LogP contribution >= 0.6 is 0 Å².